The summed E-state index contributed by atoms with van der Waals surface area (Å²) in [6.45, 7) is 0.405. The first-order valence-corrected chi connectivity index (χ1v) is 8.25. The molecule has 5 nitrogen and oxygen atoms in total. The summed E-state index contributed by atoms with van der Waals surface area (Å²) in [5, 5.41) is 15.0. The number of urea groups is 1. The Morgan fingerprint density at radius 3 is 2.76 bits per heavy atom. The van der Waals surface area contributed by atoms with Gasteiger partial charge in [-0.25, -0.2) is 4.79 Å². The molecule has 0 aromatic carbocycles. The number of carbonyl (C=O) groups is 2. The lowest BCUT2D eigenvalue weighted by molar-refractivity contribution is -0.144. The lowest BCUT2D eigenvalue weighted by atomic mass is 9.84. The van der Waals surface area contributed by atoms with E-state index in [2.05, 4.69) is 10.6 Å². The molecule has 114 valence electrons. The molecule has 0 spiro atoms. The molecule has 2 saturated carbocycles. The Bertz CT molecular complexity index is 562. The zero-order valence-corrected chi connectivity index (χ0v) is 12.9. The number of hydrogen-bond acceptors (Lipinski definition) is 3. The summed E-state index contributed by atoms with van der Waals surface area (Å²) >= 11 is 7.25. The number of aliphatic carboxylic acids is 1. The third kappa shape index (κ3) is 3.01. The Hall–Kier alpha value is -1.27. The van der Waals surface area contributed by atoms with E-state index >= 15 is 0 Å². The molecule has 7 heteroatoms. The molecule has 0 saturated heterocycles. The van der Waals surface area contributed by atoms with Gasteiger partial charge in [-0.1, -0.05) is 11.6 Å². The molecule has 2 fully saturated rings. The van der Waals surface area contributed by atoms with Crippen molar-refractivity contribution in [2.24, 2.45) is 17.8 Å². The highest BCUT2D eigenvalue weighted by Gasteiger charge is 2.51. The Balaban J connectivity index is 1.55. The van der Waals surface area contributed by atoms with E-state index in [-0.39, 0.29) is 18.0 Å². The van der Waals surface area contributed by atoms with E-state index in [1.54, 1.807) is 6.07 Å². The standard InChI is InChI=1S/C14H17ClN2O3S/c15-10-4-3-9(21-10)6-16-14(20)17-12-8-2-1-7(5-8)11(12)13(18)19/h3-4,7-8,11-12H,1-2,5-6H2,(H,18,19)(H2,16,17,20). The van der Waals surface area contributed by atoms with Gasteiger partial charge in [-0.15, -0.1) is 11.3 Å². The molecule has 1 aromatic heterocycles. The quantitative estimate of drug-likeness (QED) is 0.795. The number of nitrogens with one attached hydrogen (secondary N) is 2. The summed E-state index contributed by atoms with van der Waals surface area (Å²) in [7, 11) is 0. The van der Waals surface area contributed by atoms with Crippen molar-refractivity contribution < 1.29 is 14.7 Å². The van der Waals surface area contributed by atoms with Crippen LogP contribution in [0.15, 0.2) is 12.1 Å². The third-order valence-corrected chi connectivity index (χ3v) is 5.78. The number of amides is 2. The van der Waals surface area contributed by atoms with Crippen molar-refractivity contribution in [1.29, 1.82) is 0 Å². The van der Waals surface area contributed by atoms with Gasteiger partial charge in [0.25, 0.3) is 0 Å². The summed E-state index contributed by atoms with van der Waals surface area (Å²) in [4.78, 5) is 24.3. The smallest absolute Gasteiger partial charge is 0.315 e. The van der Waals surface area contributed by atoms with Crippen LogP contribution in [0.4, 0.5) is 4.79 Å². The van der Waals surface area contributed by atoms with Crippen LogP contribution < -0.4 is 10.6 Å². The number of fused-ring (bicyclic) bond motifs is 2. The van der Waals surface area contributed by atoms with Crippen LogP contribution in [0.5, 0.6) is 0 Å². The van der Waals surface area contributed by atoms with Crippen LogP contribution in [0.1, 0.15) is 24.1 Å². The van der Waals surface area contributed by atoms with Gasteiger partial charge in [0, 0.05) is 10.9 Å². The first-order valence-electron chi connectivity index (χ1n) is 7.06. The van der Waals surface area contributed by atoms with Gasteiger partial charge in [0.1, 0.15) is 0 Å². The second-order valence-electron chi connectivity index (χ2n) is 5.76. The molecule has 0 radical (unpaired) electrons. The van der Waals surface area contributed by atoms with Gasteiger partial charge in [-0.3, -0.25) is 4.79 Å². The lowest BCUT2D eigenvalue weighted by Gasteiger charge is -2.28. The fourth-order valence-corrected chi connectivity index (χ4v) is 4.70. The maximum absolute atomic E-state index is 12.0. The molecule has 2 aliphatic carbocycles. The van der Waals surface area contributed by atoms with Crippen molar-refractivity contribution in [1.82, 2.24) is 10.6 Å². The zero-order valence-electron chi connectivity index (χ0n) is 11.3. The molecule has 4 atom stereocenters. The summed E-state index contributed by atoms with van der Waals surface area (Å²) < 4.78 is 0.686. The third-order valence-electron chi connectivity index (χ3n) is 4.55. The van der Waals surface area contributed by atoms with E-state index in [9.17, 15) is 14.7 Å². The molecule has 4 unspecified atom stereocenters. The fraction of sp³-hybridized carbons (Fsp3) is 0.571. The molecule has 1 heterocycles. The number of carboxylic acid groups (broad SMARTS) is 1. The minimum absolute atomic E-state index is 0.217. The topological polar surface area (TPSA) is 78.4 Å². The number of carbonyl (C=O) groups excluding carboxylic acids is 1. The highest BCUT2D eigenvalue weighted by Crippen LogP contribution is 2.48. The van der Waals surface area contributed by atoms with E-state index in [4.69, 9.17) is 11.6 Å². The zero-order chi connectivity index (χ0) is 15.0. The van der Waals surface area contributed by atoms with Crippen molar-refractivity contribution in [2.75, 3.05) is 0 Å². The molecule has 2 aliphatic rings. The van der Waals surface area contributed by atoms with E-state index in [1.165, 1.54) is 11.3 Å². The summed E-state index contributed by atoms with van der Waals surface area (Å²) in [6.07, 6.45) is 2.90. The molecular formula is C14H17ClN2O3S. The number of halogens is 1. The largest absolute Gasteiger partial charge is 0.481 e. The monoisotopic (exact) mass is 328 g/mol. The molecule has 3 rings (SSSR count). The van der Waals surface area contributed by atoms with Gasteiger partial charge in [0.05, 0.1) is 16.8 Å². The number of carboxylic acids is 1. The highest BCUT2D eigenvalue weighted by atomic mass is 35.5. The van der Waals surface area contributed by atoms with E-state index in [0.717, 1.165) is 24.1 Å². The van der Waals surface area contributed by atoms with Gasteiger partial charge >= 0.3 is 12.0 Å². The number of hydrogen-bond donors (Lipinski definition) is 3. The molecule has 1 aromatic rings. The van der Waals surface area contributed by atoms with Crippen molar-refractivity contribution in [2.45, 2.75) is 31.8 Å². The van der Waals surface area contributed by atoms with Crippen LogP contribution in [0, 0.1) is 17.8 Å². The predicted molar refractivity (Wildman–Crippen MR) is 80.4 cm³/mol. The normalized spacial score (nSPS) is 30.3. The van der Waals surface area contributed by atoms with Crippen LogP contribution in [-0.4, -0.2) is 23.1 Å². The van der Waals surface area contributed by atoms with Crippen LogP contribution in [-0.2, 0) is 11.3 Å². The molecule has 21 heavy (non-hydrogen) atoms. The van der Waals surface area contributed by atoms with Gasteiger partial charge in [-0.05, 0) is 43.2 Å². The highest BCUT2D eigenvalue weighted by molar-refractivity contribution is 7.16. The van der Waals surface area contributed by atoms with E-state index < -0.39 is 11.9 Å². The molecule has 2 amide bonds. The van der Waals surface area contributed by atoms with Gasteiger partial charge < -0.3 is 15.7 Å². The SMILES string of the molecule is O=C(NCc1ccc(Cl)s1)NC1C2CCC(C2)C1C(=O)O. The first-order chi connectivity index (χ1) is 10.0. The van der Waals surface area contributed by atoms with Crippen LogP contribution in [0.25, 0.3) is 0 Å². The summed E-state index contributed by atoms with van der Waals surface area (Å²) in [5.74, 6) is -0.713. The number of rotatable bonds is 4. The van der Waals surface area contributed by atoms with Crippen molar-refractivity contribution in [3.63, 3.8) is 0 Å². The second kappa shape index (κ2) is 5.85. The van der Waals surface area contributed by atoms with E-state index in [0.29, 0.717) is 16.8 Å². The van der Waals surface area contributed by atoms with E-state index in [1.807, 2.05) is 6.07 Å². The minimum atomic E-state index is -0.794. The van der Waals surface area contributed by atoms with Gasteiger partial charge in [0.2, 0.25) is 0 Å². The Labute approximate surface area is 131 Å². The fourth-order valence-electron chi connectivity index (χ4n) is 3.67. The summed E-state index contributed by atoms with van der Waals surface area (Å²) in [6, 6.07) is 3.11. The summed E-state index contributed by atoms with van der Waals surface area (Å²) in [5.41, 5.74) is 0. The van der Waals surface area contributed by atoms with Crippen molar-refractivity contribution in [3.8, 4) is 0 Å². The Morgan fingerprint density at radius 2 is 2.10 bits per heavy atom. The molecule has 0 aliphatic heterocycles. The van der Waals surface area contributed by atoms with Crippen molar-refractivity contribution in [3.05, 3.63) is 21.3 Å². The van der Waals surface area contributed by atoms with Gasteiger partial charge in [-0.2, -0.15) is 0 Å². The number of thiophene rings is 1. The maximum atomic E-state index is 12.0. The maximum Gasteiger partial charge on any atom is 0.315 e. The second-order valence-corrected chi connectivity index (χ2v) is 7.56. The van der Waals surface area contributed by atoms with Crippen LogP contribution >= 0.6 is 22.9 Å². The predicted octanol–water partition coefficient (Wildman–Crippen LogP) is 2.70. The van der Waals surface area contributed by atoms with Gasteiger partial charge in [0.15, 0.2) is 0 Å². The Morgan fingerprint density at radius 1 is 1.33 bits per heavy atom. The molecule has 2 bridgehead atoms. The van der Waals surface area contributed by atoms with Crippen molar-refractivity contribution >= 4 is 34.9 Å². The average molecular weight is 329 g/mol. The first kappa shape index (κ1) is 14.7. The molecular weight excluding hydrogens is 312 g/mol. The van der Waals surface area contributed by atoms with Crippen LogP contribution in [0.2, 0.25) is 4.34 Å². The lowest BCUT2D eigenvalue weighted by Crippen LogP contribution is -2.50. The van der Waals surface area contributed by atoms with Crippen LogP contribution in [0.3, 0.4) is 0 Å². The minimum Gasteiger partial charge on any atom is -0.481 e. The Kier molecular flexibility index (Phi) is 4.08. The average Bonchev–Trinajstić information content (AvgIpc) is 3.11. The molecule has 3 N–H and O–H groups in total.